The smallest absolute Gasteiger partial charge is 0.251 e. The average molecular weight is 379 g/mol. The fraction of sp³-hybridized carbons (Fsp3) is 0.190. The van der Waals surface area contributed by atoms with Crippen LogP contribution in [0.2, 0.25) is 0 Å². The maximum Gasteiger partial charge on any atom is 0.251 e. The number of nitrogens with zero attached hydrogens (tertiary/aromatic N) is 1. The summed E-state index contributed by atoms with van der Waals surface area (Å²) in [5.41, 5.74) is 4.19. The monoisotopic (exact) mass is 379 g/mol. The van der Waals surface area contributed by atoms with Gasteiger partial charge in [0.25, 0.3) is 5.56 Å². The lowest BCUT2D eigenvalue weighted by molar-refractivity contribution is -0.115. The van der Waals surface area contributed by atoms with Crippen LogP contribution < -0.4 is 10.9 Å². The molecule has 0 aliphatic rings. The zero-order valence-electron chi connectivity index (χ0n) is 15.3. The molecule has 27 heavy (non-hydrogen) atoms. The molecule has 5 nitrogen and oxygen atoms in total. The minimum Gasteiger partial charge on any atom is -0.326 e. The first-order valence-corrected chi connectivity index (χ1v) is 9.62. The predicted octanol–water partition coefficient (Wildman–Crippen LogP) is 3.86. The molecular weight excluding hydrogens is 358 g/mol. The molecule has 2 N–H and O–H groups in total. The number of carbonyl (C=O) groups excluding carboxylic acids is 1. The summed E-state index contributed by atoms with van der Waals surface area (Å²) in [6.07, 6.45) is 0.0518. The molecule has 138 valence electrons. The molecule has 0 radical (unpaired) electrons. The first kappa shape index (κ1) is 18.9. The van der Waals surface area contributed by atoms with Crippen molar-refractivity contribution in [3.05, 3.63) is 87.3 Å². The number of amides is 1. The molecule has 0 saturated carbocycles. The first-order valence-electron chi connectivity index (χ1n) is 8.63. The second-order valence-electron chi connectivity index (χ2n) is 6.36. The normalized spacial score (nSPS) is 10.6. The third kappa shape index (κ3) is 5.56. The highest BCUT2D eigenvalue weighted by atomic mass is 32.2. The van der Waals surface area contributed by atoms with Gasteiger partial charge in [0, 0.05) is 17.5 Å². The van der Waals surface area contributed by atoms with Gasteiger partial charge in [-0.3, -0.25) is 9.59 Å². The van der Waals surface area contributed by atoms with E-state index in [1.165, 1.54) is 17.8 Å². The van der Waals surface area contributed by atoms with Gasteiger partial charge in [-0.05, 0) is 36.6 Å². The topological polar surface area (TPSA) is 74.8 Å². The summed E-state index contributed by atoms with van der Waals surface area (Å²) in [4.78, 5) is 31.4. The van der Waals surface area contributed by atoms with E-state index in [4.69, 9.17) is 0 Å². The molecule has 6 heteroatoms. The number of aromatic nitrogens is 2. The molecule has 0 fully saturated rings. The van der Waals surface area contributed by atoms with Crippen molar-refractivity contribution in [1.82, 2.24) is 9.97 Å². The van der Waals surface area contributed by atoms with E-state index in [0.717, 1.165) is 22.4 Å². The predicted molar refractivity (Wildman–Crippen MR) is 109 cm³/mol. The van der Waals surface area contributed by atoms with Gasteiger partial charge < -0.3 is 10.3 Å². The molecule has 0 atom stereocenters. The molecule has 3 aromatic rings. The maximum atomic E-state index is 12.4. The molecule has 0 saturated heterocycles. The van der Waals surface area contributed by atoms with Crippen molar-refractivity contribution >= 4 is 23.4 Å². The molecule has 0 aliphatic heterocycles. The number of benzene rings is 2. The lowest BCUT2D eigenvalue weighted by Gasteiger charge is -2.09. The van der Waals surface area contributed by atoms with Crippen LogP contribution in [0.4, 0.5) is 5.69 Å². The maximum absolute atomic E-state index is 12.4. The number of aromatic amines is 1. The molecule has 2 aromatic carbocycles. The highest BCUT2D eigenvalue weighted by Crippen LogP contribution is 2.19. The molecule has 3 rings (SSSR count). The Morgan fingerprint density at radius 1 is 1.11 bits per heavy atom. The summed E-state index contributed by atoms with van der Waals surface area (Å²) >= 11 is 1.44. The third-order valence-corrected chi connectivity index (χ3v) is 4.94. The second-order valence-corrected chi connectivity index (χ2v) is 7.32. The van der Waals surface area contributed by atoms with Gasteiger partial charge >= 0.3 is 0 Å². The number of carbonyl (C=O) groups is 1. The van der Waals surface area contributed by atoms with Gasteiger partial charge in [-0.25, -0.2) is 4.98 Å². The Labute approximate surface area is 162 Å². The largest absolute Gasteiger partial charge is 0.326 e. The van der Waals surface area contributed by atoms with Crippen LogP contribution in [0.25, 0.3) is 0 Å². The standard InChI is InChI=1S/C21H21N3O2S/c1-14-8-9-15(2)18(10-14)23-19(25)11-17-12-20(26)24-21(22-17)27-13-16-6-4-3-5-7-16/h3-10,12H,11,13H2,1-2H3,(H,23,25)(H,22,24,26). The summed E-state index contributed by atoms with van der Waals surface area (Å²) in [6, 6.07) is 17.2. The number of nitrogens with one attached hydrogen (secondary N) is 2. The Bertz CT molecular complexity index is 1000. The van der Waals surface area contributed by atoms with Crippen LogP contribution in [0.3, 0.4) is 0 Å². The van der Waals surface area contributed by atoms with E-state index in [1.54, 1.807) is 0 Å². The lowest BCUT2D eigenvalue weighted by Crippen LogP contribution is -2.18. The van der Waals surface area contributed by atoms with Crippen molar-refractivity contribution < 1.29 is 4.79 Å². The van der Waals surface area contributed by atoms with Crippen molar-refractivity contribution in [2.24, 2.45) is 0 Å². The minimum absolute atomic E-state index is 0.0518. The van der Waals surface area contributed by atoms with E-state index in [1.807, 2.05) is 62.4 Å². The lowest BCUT2D eigenvalue weighted by atomic mass is 10.1. The highest BCUT2D eigenvalue weighted by molar-refractivity contribution is 7.98. The molecule has 1 amide bonds. The number of aryl methyl sites for hydroxylation is 2. The van der Waals surface area contributed by atoms with E-state index in [2.05, 4.69) is 15.3 Å². The Kier molecular flexibility index (Phi) is 6.08. The van der Waals surface area contributed by atoms with Crippen molar-refractivity contribution in [3.63, 3.8) is 0 Å². The average Bonchev–Trinajstić information content (AvgIpc) is 2.63. The van der Waals surface area contributed by atoms with Crippen LogP contribution in [0.1, 0.15) is 22.4 Å². The van der Waals surface area contributed by atoms with E-state index in [0.29, 0.717) is 16.6 Å². The Balaban J connectivity index is 1.67. The molecule has 1 aromatic heterocycles. The van der Waals surface area contributed by atoms with Gasteiger partial charge in [0.15, 0.2) is 5.16 Å². The van der Waals surface area contributed by atoms with Gasteiger partial charge in [0.2, 0.25) is 5.91 Å². The van der Waals surface area contributed by atoms with Gasteiger partial charge in [-0.2, -0.15) is 0 Å². The quantitative estimate of drug-likeness (QED) is 0.504. The zero-order chi connectivity index (χ0) is 19.2. The summed E-state index contributed by atoms with van der Waals surface area (Å²) < 4.78 is 0. The Morgan fingerprint density at radius 3 is 2.67 bits per heavy atom. The summed E-state index contributed by atoms with van der Waals surface area (Å²) in [5, 5.41) is 3.41. The number of H-pyrrole nitrogens is 1. The van der Waals surface area contributed by atoms with Crippen LogP contribution in [0.15, 0.2) is 64.5 Å². The molecule has 1 heterocycles. The summed E-state index contributed by atoms with van der Waals surface area (Å²) in [6.45, 7) is 3.92. The fourth-order valence-corrected chi connectivity index (χ4v) is 3.45. The van der Waals surface area contributed by atoms with Crippen molar-refractivity contribution in [3.8, 4) is 0 Å². The van der Waals surface area contributed by atoms with Crippen LogP contribution in [0, 0.1) is 13.8 Å². The number of thioether (sulfide) groups is 1. The van der Waals surface area contributed by atoms with Crippen molar-refractivity contribution in [2.45, 2.75) is 31.2 Å². The first-order chi connectivity index (χ1) is 13.0. The molecule has 0 unspecified atom stereocenters. The highest BCUT2D eigenvalue weighted by Gasteiger charge is 2.10. The second kappa shape index (κ2) is 8.68. The van der Waals surface area contributed by atoms with E-state index < -0.39 is 0 Å². The zero-order valence-corrected chi connectivity index (χ0v) is 16.1. The summed E-state index contributed by atoms with van der Waals surface area (Å²) in [5.74, 6) is 0.503. The minimum atomic E-state index is -0.255. The van der Waals surface area contributed by atoms with E-state index in [9.17, 15) is 9.59 Å². The molecule has 0 aliphatic carbocycles. The van der Waals surface area contributed by atoms with Crippen LogP contribution in [0.5, 0.6) is 0 Å². The molecular formula is C21H21N3O2S. The number of rotatable bonds is 6. The fourth-order valence-electron chi connectivity index (χ4n) is 2.60. The van der Waals surface area contributed by atoms with Crippen molar-refractivity contribution in [1.29, 1.82) is 0 Å². The summed E-state index contributed by atoms with van der Waals surface area (Å²) in [7, 11) is 0. The van der Waals surface area contributed by atoms with E-state index in [-0.39, 0.29) is 17.9 Å². The SMILES string of the molecule is Cc1ccc(C)c(NC(=O)Cc2cc(=O)[nH]c(SCc3ccccc3)n2)c1. The Morgan fingerprint density at radius 2 is 1.89 bits per heavy atom. The molecule has 0 spiro atoms. The van der Waals surface area contributed by atoms with Gasteiger partial charge in [0.1, 0.15) is 0 Å². The van der Waals surface area contributed by atoms with Crippen molar-refractivity contribution in [2.75, 3.05) is 5.32 Å². The molecule has 0 bridgehead atoms. The number of hydrogen-bond acceptors (Lipinski definition) is 4. The van der Waals surface area contributed by atoms with Gasteiger partial charge in [-0.15, -0.1) is 0 Å². The van der Waals surface area contributed by atoms with Gasteiger partial charge in [-0.1, -0.05) is 54.2 Å². The number of anilines is 1. The van der Waals surface area contributed by atoms with E-state index >= 15 is 0 Å². The van der Waals surface area contributed by atoms with Crippen LogP contribution in [-0.4, -0.2) is 15.9 Å². The van der Waals surface area contributed by atoms with Gasteiger partial charge in [0.05, 0.1) is 12.1 Å². The third-order valence-electron chi connectivity index (χ3n) is 4.00. The number of hydrogen-bond donors (Lipinski definition) is 2. The van der Waals surface area contributed by atoms with Crippen LogP contribution in [-0.2, 0) is 17.0 Å². The Hall–Kier alpha value is -2.86. The van der Waals surface area contributed by atoms with Crippen LogP contribution >= 0.6 is 11.8 Å².